The van der Waals surface area contributed by atoms with Crippen molar-refractivity contribution in [3.05, 3.63) is 64.1 Å². The lowest BCUT2D eigenvalue weighted by Gasteiger charge is -2.15. The van der Waals surface area contributed by atoms with Crippen LogP contribution in [-0.2, 0) is 0 Å². The van der Waals surface area contributed by atoms with Crippen molar-refractivity contribution in [1.82, 2.24) is 10.6 Å². The van der Waals surface area contributed by atoms with Gasteiger partial charge in [-0.1, -0.05) is 28.1 Å². The first kappa shape index (κ1) is 18.0. The summed E-state index contributed by atoms with van der Waals surface area (Å²) in [7, 11) is 0. The number of rotatable bonds is 5. The summed E-state index contributed by atoms with van der Waals surface area (Å²) in [6.45, 7) is 4.36. The monoisotopic (exact) mass is 389 g/mol. The Morgan fingerprint density at radius 2 is 1.83 bits per heavy atom. The maximum atomic E-state index is 12.1. The molecule has 0 aliphatic carbocycles. The van der Waals surface area contributed by atoms with Crippen LogP contribution in [0.3, 0.4) is 0 Å². The highest BCUT2D eigenvalue weighted by atomic mass is 79.9. The molecule has 3 N–H and O–H groups in total. The van der Waals surface area contributed by atoms with Crippen LogP contribution in [-0.4, -0.2) is 18.5 Å². The molecule has 0 fully saturated rings. The van der Waals surface area contributed by atoms with Gasteiger partial charge in [-0.25, -0.2) is 4.79 Å². The summed E-state index contributed by atoms with van der Waals surface area (Å²) in [6, 6.07) is 14.1. The molecular formula is C18H20BrN3O2. The van der Waals surface area contributed by atoms with E-state index in [-0.39, 0.29) is 18.0 Å². The number of urea groups is 1. The van der Waals surface area contributed by atoms with Crippen molar-refractivity contribution in [2.75, 3.05) is 11.9 Å². The molecule has 0 saturated heterocycles. The van der Waals surface area contributed by atoms with E-state index in [4.69, 9.17) is 0 Å². The average molecular weight is 390 g/mol. The van der Waals surface area contributed by atoms with E-state index in [0.29, 0.717) is 17.8 Å². The number of halogens is 1. The minimum absolute atomic E-state index is 0.128. The first-order chi connectivity index (χ1) is 11.5. The van der Waals surface area contributed by atoms with Gasteiger partial charge < -0.3 is 16.0 Å². The molecule has 0 aliphatic rings. The molecule has 2 aromatic carbocycles. The second-order valence-electron chi connectivity index (χ2n) is 5.31. The van der Waals surface area contributed by atoms with Gasteiger partial charge in [0.15, 0.2) is 0 Å². The standard InChI is InChI=1S/C18H20BrN3O2/c1-3-20-17(23)13-7-9-16(10-8-13)22-18(24)21-12(2)14-5-4-6-15(19)11-14/h4-12H,3H2,1-2H3,(H,20,23)(H2,21,22,24). The van der Waals surface area contributed by atoms with Crippen LogP contribution in [0.15, 0.2) is 53.0 Å². The largest absolute Gasteiger partial charge is 0.352 e. The number of benzene rings is 2. The highest BCUT2D eigenvalue weighted by Crippen LogP contribution is 2.18. The summed E-state index contributed by atoms with van der Waals surface area (Å²) in [4.78, 5) is 23.8. The molecule has 2 rings (SSSR count). The molecule has 2 aromatic rings. The molecule has 0 bridgehead atoms. The van der Waals surface area contributed by atoms with Gasteiger partial charge in [0.1, 0.15) is 0 Å². The molecule has 0 heterocycles. The summed E-state index contributed by atoms with van der Waals surface area (Å²) in [5.74, 6) is -0.128. The molecule has 24 heavy (non-hydrogen) atoms. The number of hydrogen-bond acceptors (Lipinski definition) is 2. The molecule has 5 nitrogen and oxygen atoms in total. The van der Waals surface area contributed by atoms with E-state index in [0.717, 1.165) is 10.0 Å². The lowest BCUT2D eigenvalue weighted by molar-refractivity contribution is 0.0956. The molecule has 1 atom stereocenters. The van der Waals surface area contributed by atoms with Crippen LogP contribution >= 0.6 is 15.9 Å². The molecule has 0 aromatic heterocycles. The number of amides is 3. The van der Waals surface area contributed by atoms with Gasteiger partial charge >= 0.3 is 6.03 Å². The molecule has 0 spiro atoms. The molecule has 126 valence electrons. The Morgan fingerprint density at radius 1 is 1.12 bits per heavy atom. The molecule has 0 radical (unpaired) electrons. The van der Waals surface area contributed by atoms with E-state index in [9.17, 15) is 9.59 Å². The van der Waals surface area contributed by atoms with E-state index in [1.807, 2.05) is 38.1 Å². The molecular weight excluding hydrogens is 370 g/mol. The predicted molar refractivity (Wildman–Crippen MR) is 99.2 cm³/mol. The number of anilines is 1. The summed E-state index contributed by atoms with van der Waals surface area (Å²) in [6.07, 6.45) is 0. The average Bonchev–Trinajstić information content (AvgIpc) is 2.55. The van der Waals surface area contributed by atoms with Crippen LogP contribution in [0.25, 0.3) is 0 Å². The Balaban J connectivity index is 1.93. The highest BCUT2D eigenvalue weighted by Gasteiger charge is 2.10. The van der Waals surface area contributed by atoms with Crippen LogP contribution in [0, 0.1) is 0 Å². The van der Waals surface area contributed by atoms with Crippen molar-refractivity contribution in [3.8, 4) is 0 Å². The molecule has 0 aliphatic heterocycles. The predicted octanol–water partition coefficient (Wildman–Crippen LogP) is 4.08. The van der Waals surface area contributed by atoms with Crippen LogP contribution in [0.4, 0.5) is 10.5 Å². The summed E-state index contributed by atoms with van der Waals surface area (Å²) < 4.78 is 0.968. The number of hydrogen-bond donors (Lipinski definition) is 3. The van der Waals surface area contributed by atoms with Crippen molar-refractivity contribution in [1.29, 1.82) is 0 Å². The molecule has 6 heteroatoms. The lowest BCUT2D eigenvalue weighted by Crippen LogP contribution is -2.31. The van der Waals surface area contributed by atoms with Crippen molar-refractivity contribution in [2.24, 2.45) is 0 Å². The Labute approximate surface area is 150 Å². The minimum atomic E-state index is -0.298. The van der Waals surface area contributed by atoms with Crippen LogP contribution in [0.5, 0.6) is 0 Å². The Bertz CT molecular complexity index is 716. The maximum absolute atomic E-state index is 12.1. The second kappa shape index (κ2) is 8.49. The first-order valence-corrected chi connectivity index (χ1v) is 8.50. The second-order valence-corrected chi connectivity index (χ2v) is 6.23. The fraction of sp³-hybridized carbons (Fsp3) is 0.222. The summed E-state index contributed by atoms with van der Waals surface area (Å²) in [5, 5.41) is 8.37. The number of nitrogens with one attached hydrogen (secondary N) is 3. The van der Waals surface area contributed by atoms with Crippen molar-refractivity contribution < 1.29 is 9.59 Å². The van der Waals surface area contributed by atoms with Gasteiger partial charge in [0.05, 0.1) is 6.04 Å². The molecule has 0 saturated carbocycles. The van der Waals surface area contributed by atoms with Gasteiger partial charge in [-0.05, 0) is 55.8 Å². The highest BCUT2D eigenvalue weighted by molar-refractivity contribution is 9.10. The zero-order chi connectivity index (χ0) is 17.5. The van der Waals surface area contributed by atoms with Crippen LogP contribution in [0.2, 0.25) is 0 Å². The van der Waals surface area contributed by atoms with Gasteiger partial charge in [-0.2, -0.15) is 0 Å². The van der Waals surface area contributed by atoms with Gasteiger partial charge in [-0.15, -0.1) is 0 Å². The van der Waals surface area contributed by atoms with Crippen molar-refractivity contribution >= 4 is 33.6 Å². The minimum Gasteiger partial charge on any atom is -0.352 e. The smallest absolute Gasteiger partial charge is 0.319 e. The number of carbonyl (C=O) groups is 2. The van der Waals surface area contributed by atoms with E-state index >= 15 is 0 Å². The maximum Gasteiger partial charge on any atom is 0.319 e. The van der Waals surface area contributed by atoms with Gasteiger partial charge in [-0.3, -0.25) is 4.79 Å². The summed E-state index contributed by atoms with van der Waals surface area (Å²) >= 11 is 3.42. The van der Waals surface area contributed by atoms with Gasteiger partial charge in [0, 0.05) is 22.3 Å². The summed E-state index contributed by atoms with van der Waals surface area (Å²) in [5.41, 5.74) is 2.19. The topological polar surface area (TPSA) is 70.2 Å². The van der Waals surface area contributed by atoms with Crippen LogP contribution in [0.1, 0.15) is 35.8 Å². The van der Waals surface area contributed by atoms with E-state index < -0.39 is 0 Å². The van der Waals surface area contributed by atoms with E-state index in [2.05, 4.69) is 31.9 Å². The third kappa shape index (κ3) is 5.09. The third-order valence-electron chi connectivity index (χ3n) is 3.44. The van der Waals surface area contributed by atoms with Crippen molar-refractivity contribution in [2.45, 2.75) is 19.9 Å². The normalized spacial score (nSPS) is 11.5. The fourth-order valence-electron chi connectivity index (χ4n) is 2.19. The zero-order valence-electron chi connectivity index (χ0n) is 13.6. The Kier molecular flexibility index (Phi) is 6.37. The third-order valence-corrected chi connectivity index (χ3v) is 3.93. The Morgan fingerprint density at radius 3 is 2.46 bits per heavy atom. The zero-order valence-corrected chi connectivity index (χ0v) is 15.2. The lowest BCUT2D eigenvalue weighted by atomic mass is 10.1. The van der Waals surface area contributed by atoms with Gasteiger partial charge in [0.2, 0.25) is 0 Å². The van der Waals surface area contributed by atoms with E-state index in [1.54, 1.807) is 24.3 Å². The molecule has 1 unspecified atom stereocenters. The Hall–Kier alpha value is -2.34. The fourth-order valence-corrected chi connectivity index (χ4v) is 2.61. The SMILES string of the molecule is CCNC(=O)c1ccc(NC(=O)NC(C)c2cccc(Br)c2)cc1. The van der Waals surface area contributed by atoms with E-state index in [1.165, 1.54) is 0 Å². The quantitative estimate of drug-likeness (QED) is 0.720. The first-order valence-electron chi connectivity index (χ1n) is 7.71. The molecule has 3 amide bonds. The number of carbonyl (C=O) groups excluding carboxylic acids is 2. The van der Waals surface area contributed by atoms with Crippen molar-refractivity contribution in [3.63, 3.8) is 0 Å². The van der Waals surface area contributed by atoms with Gasteiger partial charge in [0.25, 0.3) is 5.91 Å². The van der Waals surface area contributed by atoms with Crippen LogP contribution < -0.4 is 16.0 Å².